The van der Waals surface area contributed by atoms with Gasteiger partial charge >= 0.3 is 0 Å². The molecular formula is C14H21ClN4S. The minimum Gasteiger partial charge on any atom is -0.311 e. The molecule has 3 heterocycles. The van der Waals surface area contributed by atoms with Crippen molar-refractivity contribution in [2.75, 3.05) is 11.5 Å². The van der Waals surface area contributed by atoms with E-state index in [1.54, 1.807) is 0 Å². The molecule has 6 heteroatoms. The number of hydrogen-bond acceptors (Lipinski definition) is 3. The molecule has 0 saturated carbocycles. The van der Waals surface area contributed by atoms with Crippen molar-refractivity contribution in [1.82, 2.24) is 19.3 Å². The Morgan fingerprint density at radius 2 is 2.30 bits per heavy atom. The summed E-state index contributed by atoms with van der Waals surface area (Å²) < 4.78 is 4.37. The quantitative estimate of drug-likeness (QED) is 0.809. The van der Waals surface area contributed by atoms with Crippen LogP contribution in [0.4, 0.5) is 0 Å². The molecule has 1 fully saturated rings. The second-order valence-electron chi connectivity index (χ2n) is 5.50. The van der Waals surface area contributed by atoms with Crippen LogP contribution in [0.15, 0.2) is 0 Å². The van der Waals surface area contributed by atoms with Crippen molar-refractivity contribution in [2.45, 2.75) is 45.7 Å². The summed E-state index contributed by atoms with van der Waals surface area (Å²) in [6, 6.07) is 0. The van der Waals surface area contributed by atoms with Gasteiger partial charge in [-0.25, -0.2) is 9.67 Å². The van der Waals surface area contributed by atoms with Gasteiger partial charge in [-0.05, 0) is 44.6 Å². The first-order valence-electron chi connectivity index (χ1n) is 7.27. The molecule has 4 nitrogen and oxygen atoms in total. The molecule has 1 aliphatic rings. The van der Waals surface area contributed by atoms with Gasteiger partial charge in [0.15, 0.2) is 5.65 Å². The molecule has 0 N–H and O–H groups in total. The number of aryl methyl sites for hydroxylation is 2. The number of alkyl halides is 1. The van der Waals surface area contributed by atoms with Gasteiger partial charge in [0.1, 0.15) is 11.3 Å². The molecule has 2 aromatic heterocycles. The van der Waals surface area contributed by atoms with Gasteiger partial charge in [-0.2, -0.15) is 16.9 Å². The molecule has 110 valence electrons. The van der Waals surface area contributed by atoms with E-state index in [1.807, 2.05) is 25.6 Å². The lowest BCUT2D eigenvalue weighted by Gasteiger charge is -2.15. The van der Waals surface area contributed by atoms with Gasteiger partial charge in [-0.3, -0.25) is 0 Å². The predicted molar refractivity (Wildman–Crippen MR) is 85.6 cm³/mol. The van der Waals surface area contributed by atoms with Crippen molar-refractivity contribution in [3.05, 3.63) is 11.5 Å². The van der Waals surface area contributed by atoms with Crippen LogP contribution < -0.4 is 0 Å². The topological polar surface area (TPSA) is 35.6 Å². The molecule has 0 aromatic carbocycles. The summed E-state index contributed by atoms with van der Waals surface area (Å²) in [4.78, 5) is 4.76. The molecule has 0 amide bonds. The minimum atomic E-state index is -0.0684. The first-order chi connectivity index (χ1) is 9.61. The minimum absolute atomic E-state index is 0.0684. The Kier molecular flexibility index (Phi) is 4.00. The van der Waals surface area contributed by atoms with Crippen molar-refractivity contribution in [1.29, 1.82) is 0 Å². The fraction of sp³-hybridized carbons (Fsp3) is 0.714. The van der Waals surface area contributed by atoms with E-state index in [-0.39, 0.29) is 5.38 Å². The van der Waals surface area contributed by atoms with Crippen LogP contribution in [-0.2, 0) is 13.1 Å². The van der Waals surface area contributed by atoms with Crippen LogP contribution in [0.25, 0.3) is 11.2 Å². The molecule has 1 aliphatic heterocycles. The van der Waals surface area contributed by atoms with Crippen molar-refractivity contribution in [3.63, 3.8) is 0 Å². The average Bonchev–Trinajstić information content (AvgIpc) is 3.09. The monoisotopic (exact) mass is 312 g/mol. The van der Waals surface area contributed by atoms with E-state index < -0.39 is 0 Å². The van der Waals surface area contributed by atoms with Crippen LogP contribution in [0.3, 0.4) is 0 Å². The number of fused-ring (bicyclic) bond motifs is 1. The Hall–Kier alpha value is -0.680. The summed E-state index contributed by atoms with van der Waals surface area (Å²) in [6.45, 7) is 8.03. The zero-order valence-corrected chi connectivity index (χ0v) is 13.8. The predicted octanol–water partition coefficient (Wildman–Crippen LogP) is 3.61. The normalized spacial score (nSPS) is 20.9. The molecule has 0 bridgehead atoms. The standard InChI is InChI=1S/C14H21ClN4S/c1-4-19-14-12(10(3)17-19)16-13(9(2)15)18(14)7-11-5-6-20-8-11/h9,11H,4-8H2,1-3H3. The fourth-order valence-corrected chi connectivity index (χ4v) is 4.37. The van der Waals surface area contributed by atoms with Crippen LogP contribution in [0, 0.1) is 12.8 Å². The van der Waals surface area contributed by atoms with Crippen molar-refractivity contribution in [3.8, 4) is 0 Å². The number of thioether (sulfide) groups is 1. The highest BCUT2D eigenvalue weighted by Gasteiger charge is 2.24. The van der Waals surface area contributed by atoms with Crippen molar-refractivity contribution in [2.24, 2.45) is 5.92 Å². The second kappa shape index (κ2) is 5.60. The first-order valence-corrected chi connectivity index (χ1v) is 8.86. The van der Waals surface area contributed by atoms with E-state index in [4.69, 9.17) is 16.6 Å². The van der Waals surface area contributed by atoms with E-state index in [2.05, 4.69) is 21.3 Å². The van der Waals surface area contributed by atoms with Crippen LogP contribution in [-0.4, -0.2) is 30.8 Å². The number of imidazole rings is 1. The Morgan fingerprint density at radius 1 is 1.50 bits per heavy atom. The number of aromatic nitrogens is 4. The third-order valence-electron chi connectivity index (χ3n) is 3.95. The highest BCUT2D eigenvalue weighted by atomic mass is 35.5. The summed E-state index contributed by atoms with van der Waals surface area (Å²) in [5.74, 6) is 4.24. The number of halogens is 1. The molecule has 3 rings (SSSR count). The smallest absolute Gasteiger partial charge is 0.158 e. The highest BCUT2D eigenvalue weighted by molar-refractivity contribution is 7.99. The van der Waals surface area contributed by atoms with Gasteiger partial charge in [0.2, 0.25) is 0 Å². The zero-order chi connectivity index (χ0) is 14.3. The van der Waals surface area contributed by atoms with Crippen molar-refractivity contribution >= 4 is 34.5 Å². The largest absolute Gasteiger partial charge is 0.311 e. The van der Waals surface area contributed by atoms with Crippen LogP contribution in [0.2, 0.25) is 0 Å². The lowest BCUT2D eigenvalue weighted by atomic mass is 10.1. The van der Waals surface area contributed by atoms with E-state index in [1.165, 1.54) is 17.9 Å². The Balaban J connectivity index is 2.11. The number of nitrogens with zero attached hydrogens (tertiary/aromatic N) is 4. The van der Waals surface area contributed by atoms with Gasteiger partial charge in [0.05, 0.1) is 11.1 Å². The van der Waals surface area contributed by atoms with E-state index in [9.17, 15) is 0 Å². The van der Waals surface area contributed by atoms with Gasteiger partial charge in [-0.1, -0.05) is 0 Å². The molecule has 2 unspecified atom stereocenters. The zero-order valence-electron chi connectivity index (χ0n) is 12.3. The number of hydrogen-bond donors (Lipinski definition) is 0. The summed E-state index contributed by atoms with van der Waals surface area (Å²) in [5, 5.41) is 4.52. The first kappa shape index (κ1) is 14.3. The van der Waals surface area contributed by atoms with Crippen LogP contribution in [0.5, 0.6) is 0 Å². The van der Waals surface area contributed by atoms with E-state index in [0.29, 0.717) is 0 Å². The molecular weight excluding hydrogens is 292 g/mol. The molecule has 2 atom stereocenters. The average molecular weight is 313 g/mol. The Bertz CT molecular complexity index is 610. The maximum absolute atomic E-state index is 6.35. The van der Waals surface area contributed by atoms with Gasteiger partial charge in [-0.15, -0.1) is 11.6 Å². The van der Waals surface area contributed by atoms with Crippen LogP contribution >= 0.6 is 23.4 Å². The second-order valence-corrected chi connectivity index (χ2v) is 7.30. The molecule has 0 aliphatic carbocycles. The maximum Gasteiger partial charge on any atom is 0.158 e. The molecule has 20 heavy (non-hydrogen) atoms. The fourth-order valence-electron chi connectivity index (χ4n) is 2.93. The van der Waals surface area contributed by atoms with Crippen LogP contribution in [0.1, 0.15) is 37.2 Å². The van der Waals surface area contributed by atoms with Gasteiger partial charge in [0.25, 0.3) is 0 Å². The highest BCUT2D eigenvalue weighted by Crippen LogP contribution is 2.31. The van der Waals surface area contributed by atoms with E-state index in [0.717, 1.165) is 41.7 Å². The molecule has 0 radical (unpaired) electrons. The Labute approximate surface area is 128 Å². The van der Waals surface area contributed by atoms with Gasteiger partial charge in [0, 0.05) is 13.1 Å². The summed E-state index contributed by atoms with van der Waals surface area (Å²) in [6.07, 6.45) is 1.29. The summed E-state index contributed by atoms with van der Waals surface area (Å²) >= 11 is 8.40. The number of rotatable bonds is 4. The van der Waals surface area contributed by atoms with E-state index >= 15 is 0 Å². The van der Waals surface area contributed by atoms with Crippen molar-refractivity contribution < 1.29 is 0 Å². The molecule has 2 aromatic rings. The summed E-state index contributed by atoms with van der Waals surface area (Å²) in [5.41, 5.74) is 3.16. The third kappa shape index (κ3) is 2.35. The SMILES string of the molecule is CCn1nc(C)c2nc(C(C)Cl)n(CC3CCSC3)c21. The molecule has 0 spiro atoms. The Morgan fingerprint density at radius 3 is 2.90 bits per heavy atom. The van der Waals surface area contributed by atoms with Gasteiger partial charge < -0.3 is 4.57 Å². The molecule has 1 saturated heterocycles. The summed E-state index contributed by atoms with van der Waals surface area (Å²) in [7, 11) is 0. The lowest BCUT2D eigenvalue weighted by Crippen LogP contribution is -2.15. The maximum atomic E-state index is 6.35. The lowest BCUT2D eigenvalue weighted by molar-refractivity contribution is 0.478. The third-order valence-corrected chi connectivity index (χ3v) is 5.38.